The highest BCUT2D eigenvalue weighted by Gasteiger charge is 2.37. The molecule has 1 aliphatic rings. The first kappa shape index (κ1) is 38.9. The first-order valence-corrected chi connectivity index (χ1v) is 17.5. The maximum absolute atomic E-state index is 15.0. The van der Waals surface area contributed by atoms with Crippen molar-refractivity contribution >= 4 is 27.7 Å². The fourth-order valence-corrected chi connectivity index (χ4v) is 7.73. The molecule has 2 aromatic rings. The third-order valence-corrected chi connectivity index (χ3v) is 11.2. The van der Waals surface area contributed by atoms with Gasteiger partial charge in [-0.1, -0.05) is 18.2 Å². The van der Waals surface area contributed by atoms with Gasteiger partial charge in [-0.15, -0.1) is 0 Å². The number of carboxylic acids is 3. The second-order valence-electron chi connectivity index (χ2n) is 12.9. The summed E-state index contributed by atoms with van der Waals surface area (Å²) in [6.07, 6.45) is 0.870. The van der Waals surface area contributed by atoms with Crippen LogP contribution in [0.2, 0.25) is 0 Å². The van der Waals surface area contributed by atoms with E-state index in [0.29, 0.717) is 0 Å². The average molecular weight is 694 g/mol. The van der Waals surface area contributed by atoms with Crippen LogP contribution in [0.4, 0.5) is 4.39 Å². The fraction of sp³-hybridized carbons (Fsp3) is 0.576. The molecule has 1 aromatic heterocycles. The van der Waals surface area contributed by atoms with E-state index in [4.69, 9.17) is 0 Å². The van der Waals surface area contributed by atoms with E-state index in [2.05, 4.69) is 4.98 Å². The summed E-state index contributed by atoms with van der Waals surface area (Å²) in [4.78, 5) is 47.6. The molecule has 0 spiro atoms. The first-order chi connectivity index (χ1) is 22.4. The van der Waals surface area contributed by atoms with Crippen molar-refractivity contribution in [2.24, 2.45) is 0 Å². The van der Waals surface area contributed by atoms with Crippen molar-refractivity contribution in [2.45, 2.75) is 107 Å². The Kier molecular flexibility index (Phi) is 13.2. The van der Waals surface area contributed by atoms with E-state index in [1.807, 2.05) is 32.6 Å². The molecule has 1 aliphatic heterocycles. The third-order valence-electron chi connectivity index (χ3n) is 9.40. The average Bonchev–Trinajstić information content (AvgIpc) is 3.03. The van der Waals surface area contributed by atoms with Crippen molar-refractivity contribution in [2.75, 3.05) is 26.2 Å². The number of pyridine rings is 1. The zero-order chi connectivity index (χ0) is 36.1. The highest BCUT2D eigenvalue weighted by Crippen LogP contribution is 2.26. The predicted molar refractivity (Wildman–Crippen MR) is 176 cm³/mol. The quantitative estimate of drug-likeness (QED) is 0.332. The van der Waals surface area contributed by atoms with Gasteiger partial charge in [0.1, 0.15) is 23.0 Å². The van der Waals surface area contributed by atoms with Gasteiger partial charge in [-0.2, -0.15) is 0 Å². The zero-order valence-corrected chi connectivity index (χ0v) is 29.3. The van der Waals surface area contributed by atoms with Crippen LogP contribution in [-0.4, -0.2) is 135 Å². The molecule has 0 radical (unpaired) electrons. The minimum Gasteiger partial charge on any atom is -0.480 e. The molecule has 15 heteroatoms. The van der Waals surface area contributed by atoms with Crippen molar-refractivity contribution in [3.8, 4) is 0 Å². The molecule has 0 bridgehead atoms. The van der Waals surface area contributed by atoms with Crippen LogP contribution >= 0.6 is 0 Å². The molecular weight excluding hydrogens is 645 g/mol. The maximum Gasteiger partial charge on any atom is 0.320 e. The summed E-state index contributed by atoms with van der Waals surface area (Å²) in [5.74, 6) is -4.15. The standard InChI is InChI=1S/C33H48FN5O8S/c1-20-16-37(24(5)31(40)41)22(3)18-39(26(7)33(44)45)23(4)17-38(25(6)32(42)43)21(2)15-36(20)19-27-13-30(29(34)14-35-27)48(46,47)28-11-9-8-10-12-28/h8-14,20-26H,15-19H2,1-7H3,(H,40,41)(H,42,43)(H,44,45)/t20-,21-,22-,23-,24+,25+,26+/m0/s1. The van der Waals surface area contributed by atoms with E-state index in [9.17, 15) is 42.5 Å². The van der Waals surface area contributed by atoms with Crippen molar-refractivity contribution in [3.05, 3.63) is 54.1 Å². The van der Waals surface area contributed by atoms with Gasteiger partial charge in [0.05, 0.1) is 16.8 Å². The Hall–Kier alpha value is -3.50. The molecule has 13 nitrogen and oxygen atoms in total. The van der Waals surface area contributed by atoms with Crippen LogP contribution in [0.15, 0.2) is 52.4 Å². The highest BCUT2D eigenvalue weighted by molar-refractivity contribution is 7.91. The van der Waals surface area contributed by atoms with Crippen LogP contribution in [0.25, 0.3) is 0 Å². The third kappa shape index (κ3) is 9.14. The largest absolute Gasteiger partial charge is 0.480 e. The van der Waals surface area contributed by atoms with Crippen molar-refractivity contribution in [1.82, 2.24) is 24.6 Å². The molecule has 1 fully saturated rings. The number of aliphatic carboxylic acids is 3. The van der Waals surface area contributed by atoms with Crippen molar-refractivity contribution < 1.29 is 42.5 Å². The highest BCUT2D eigenvalue weighted by atomic mass is 32.2. The Balaban J connectivity index is 2.11. The zero-order valence-electron chi connectivity index (χ0n) is 28.5. The summed E-state index contributed by atoms with van der Waals surface area (Å²) < 4.78 is 41.7. The lowest BCUT2D eigenvalue weighted by molar-refractivity contribution is -0.148. The summed E-state index contributed by atoms with van der Waals surface area (Å²) in [5, 5.41) is 30.0. The summed E-state index contributed by atoms with van der Waals surface area (Å²) >= 11 is 0. The monoisotopic (exact) mass is 693 g/mol. The Morgan fingerprint density at radius 1 is 0.771 bits per heavy atom. The van der Waals surface area contributed by atoms with Gasteiger partial charge in [-0.3, -0.25) is 39.0 Å². The van der Waals surface area contributed by atoms with E-state index < -0.39 is 74.7 Å². The van der Waals surface area contributed by atoms with E-state index in [0.717, 1.165) is 6.20 Å². The van der Waals surface area contributed by atoms with Gasteiger partial charge in [0.25, 0.3) is 0 Å². The number of carboxylic acid groups (broad SMARTS) is 3. The van der Waals surface area contributed by atoms with Gasteiger partial charge in [-0.05, 0) is 66.7 Å². The summed E-state index contributed by atoms with van der Waals surface area (Å²) in [5.41, 5.74) is 0.260. The molecule has 0 saturated carbocycles. The number of sulfone groups is 1. The van der Waals surface area contributed by atoms with Crippen LogP contribution in [0.1, 0.15) is 54.2 Å². The second kappa shape index (κ2) is 16.3. The predicted octanol–water partition coefficient (Wildman–Crippen LogP) is 2.75. The normalized spacial score (nSPS) is 24.9. The van der Waals surface area contributed by atoms with Gasteiger partial charge in [0.2, 0.25) is 9.84 Å². The number of hydrogen-bond donors (Lipinski definition) is 3. The minimum absolute atomic E-state index is 0.0553. The molecule has 3 rings (SSSR count). The lowest BCUT2D eigenvalue weighted by atomic mass is 10.0. The maximum atomic E-state index is 15.0. The lowest BCUT2D eigenvalue weighted by Gasteiger charge is -2.46. The Labute approximate surface area is 281 Å². The number of aromatic nitrogens is 1. The van der Waals surface area contributed by atoms with Crippen LogP contribution in [0.3, 0.4) is 0 Å². The van der Waals surface area contributed by atoms with E-state index >= 15 is 0 Å². The molecule has 0 aliphatic carbocycles. The Bertz CT molecular complexity index is 1530. The molecule has 266 valence electrons. The van der Waals surface area contributed by atoms with Gasteiger partial charge in [0.15, 0.2) is 5.82 Å². The van der Waals surface area contributed by atoms with Gasteiger partial charge >= 0.3 is 17.9 Å². The minimum atomic E-state index is -4.21. The molecular formula is C33H48FN5O8S. The molecule has 3 N–H and O–H groups in total. The van der Waals surface area contributed by atoms with Gasteiger partial charge in [-0.25, -0.2) is 12.8 Å². The molecule has 2 heterocycles. The van der Waals surface area contributed by atoms with Crippen LogP contribution in [-0.2, 0) is 30.8 Å². The number of carbonyl (C=O) groups is 3. The fourth-order valence-electron chi connectivity index (χ4n) is 6.36. The van der Waals surface area contributed by atoms with E-state index in [1.165, 1.54) is 18.2 Å². The molecule has 1 aromatic carbocycles. The molecule has 1 saturated heterocycles. The van der Waals surface area contributed by atoms with Gasteiger partial charge in [0, 0.05) is 56.9 Å². The number of halogens is 1. The molecule has 48 heavy (non-hydrogen) atoms. The van der Waals surface area contributed by atoms with Crippen molar-refractivity contribution in [1.29, 1.82) is 0 Å². The topological polar surface area (TPSA) is 172 Å². The Morgan fingerprint density at radius 2 is 1.19 bits per heavy atom. The Morgan fingerprint density at radius 3 is 1.62 bits per heavy atom. The summed E-state index contributed by atoms with van der Waals surface area (Å²) in [7, 11) is -4.21. The van der Waals surface area contributed by atoms with Crippen molar-refractivity contribution in [3.63, 3.8) is 0 Å². The van der Waals surface area contributed by atoms with E-state index in [-0.39, 0.29) is 49.4 Å². The van der Waals surface area contributed by atoms with Gasteiger partial charge < -0.3 is 15.3 Å². The molecule has 0 amide bonds. The number of hydrogen-bond acceptors (Lipinski definition) is 10. The smallest absolute Gasteiger partial charge is 0.320 e. The lowest BCUT2D eigenvalue weighted by Crippen LogP contribution is -2.61. The van der Waals surface area contributed by atoms with Crippen LogP contribution in [0, 0.1) is 5.82 Å². The number of nitrogens with zero attached hydrogens (tertiary/aromatic N) is 5. The summed E-state index contributed by atoms with van der Waals surface area (Å²) in [6, 6.07) is 4.25. The second-order valence-corrected chi connectivity index (χ2v) is 14.8. The summed E-state index contributed by atoms with van der Waals surface area (Å²) in [6.45, 7) is 13.0. The molecule has 0 unspecified atom stereocenters. The number of benzene rings is 1. The molecule has 7 atom stereocenters. The van der Waals surface area contributed by atoms with Crippen LogP contribution < -0.4 is 0 Å². The number of rotatable bonds is 10. The van der Waals surface area contributed by atoms with Crippen LogP contribution in [0.5, 0.6) is 0 Å². The first-order valence-electron chi connectivity index (χ1n) is 16.0. The van der Waals surface area contributed by atoms with E-state index in [1.54, 1.807) is 53.7 Å². The SMILES string of the molecule is C[C@H](C(=O)O)N1C[C@H](C)N(Cc2cc(S(=O)(=O)c3ccccc3)c(F)cn2)C[C@H](C)N([C@H](C)C(=O)O)C[C@H](C)N([C@H](C)C(=O)O)C[C@@H]1C.